The third-order valence-electron chi connectivity index (χ3n) is 4.71. The summed E-state index contributed by atoms with van der Waals surface area (Å²) in [4.78, 5) is 0. The van der Waals surface area contributed by atoms with E-state index in [-0.39, 0.29) is 0 Å². The van der Waals surface area contributed by atoms with E-state index < -0.39 is 0 Å². The summed E-state index contributed by atoms with van der Waals surface area (Å²) in [5.74, 6) is 0.554. The zero-order chi connectivity index (χ0) is 17.6. The number of allylic oxidation sites excluding steroid dienone is 1. The summed E-state index contributed by atoms with van der Waals surface area (Å²) in [7, 11) is 0. The quantitative estimate of drug-likeness (QED) is 0.436. The van der Waals surface area contributed by atoms with Crippen LogP contribution in [-0.4, -0.2) is 0 Å². The lowest BCUT2D eigenvalue weighted by Crippen LogP contribution is -1.96. The smallest absolute Gasteiger partial charge is 0.00735 e. The van der Waals surface area contributed by atoms with Crippen molar-refractivity contribution in [2.45, 2.75) is 33.1 Å². The standard InChI is InChI=1S/C25H26/c1-4-24(21-11-7-5-8-12-21)25(22-13-9-6-10-14-22)23-17-15-20(16-18-23)19(2)3/h5-19H,4H2,1-3H3/b25-24+. The maximum Gasteiger partial charge on any atom is -0.00735 e. The molecule has 0 nitrogen and oxygen atoms in total. The predicted molar refractivity (Wildman–Crippen MR) is 110 cm³/mol. The van der Waals surface area contributed by atoms with Gasteiger partial charge in [-0.05, 0) is 45.7 Å². The van der Waals surface area contributed by atoms with Crippen molar-refractivity contribution < 1.29 is 0 Å². The Labute approximate surface area is 151 Å². The van der Waals surface area contributed by atoms with Crippen molar-refractivity contribution in [2.75, 3.05) is 0 Å². The summed E-state index contributed by atoms with van der Waals surface area (Å²) in [6.07, 6.45) is 1.00. The van der Waals surface area contributed by atoms with Crippen LogP contribution in [0.4, 0.5) is 0 Å². The van der Waals surface area contributed by atoms with Gasteiger partial charge in [0.15, 0.2) is 0 Å². The van der Waals surface area contributed by atoms with Crippen molar-refractivity contribution in [3.63, 3.8) is 0 Å². The van der Waals surface area contributed by atoms with Crippen LogP contribution in [0.5, 0.6) is 0 Å². The predicted octanol–water partition coefficient (Wildman–Crippen LogP) is 7.18. The van der Waals surface area contributed by atoms with Gasteiger partial charge in [0.1, 0.15) is 0 Å². The van der Waals surface area contributed by atoms with Crippen LogP contribution >= 0.6 is 0 Å². The zero-order valence-electron chi connectivity index (χ0n) is 15.4. The number of benzene rings is 3. The molecule has 0 unspecified atom stereocenters. The molecular weight excluding hydrogens is 300 g/mol. The van der Waals surface area contributed by atoms with E-state index in [1.54, 1.807) is 0 Å². The van der Waals surface area contributed by atoms with Gasteiger partial charge in [0, 0.05) is 0 Å². The van der Waals surface area contributed by atoms with Crippen molar-refractivity contribution in [2.24, 2.45) is 0 Å². The van der Waals surface area contributed by atoms with Gasteiger partial charge in [0.2, 0.25) is 0 Å². The highest BCUT2D eigenvalue weighted by atomic mass is 14.2. The van der Waals surface area contributed by atoms with E-state index in [0.717, 1.165) is 6.42 Å². The van der Waals surface area contributed by atoms with Gasteiger partial charge in [-0.15, -0.1) is 0 Å². The molecule has 0 atom stereocenters. The second-order valence-electron chi connectivity index (χ2n) is 6.72. The van der Waals surface area contributed by atoms with E-state index >= 15 is 0 Å². The van der Waals surface area contributed by atoms with Gasteiger partial charge in [0.25, 0.3) is 0 Å². The fraction of sp³-hybridized carbons (Fsp3) is 0.200. The van der Waals surface area contributed by atoms with Crippen LogP contribution in [0.25, 0.3) is 11.1 Å². The van der Waals surface area contributed by atoms with Gasteiger partial charge in [-0.1, -0.05) is 106 Å². The first-order valence-corrected chi connectivity index (χ1v) is 9.15. The largest absolute Gasteiger partial charge is 0.0622 e. The van der Waals surface area contributed by atoms with Crippen molar-refractivity contribution >= 4 is 11.1 Å². The Bertz CT molecular complexity index is 822. The lowest BCUT2D eigenvalue weighted by Gasteiger charge is -2.17. The monoisotopic (exact) mass is 326 g/mol. The molecule has 0 aliphatic carbocycles. The molecule has 0 heterocycles. The number of hydrogen-bond donors (Lipinski definition) is 0. The summed E-state index contributed by atoms with van der Waals surface area (Å²) in [6, 6.07) is 30.6. The maximum atomic E-state index is 2.27. The van der Waals surface area contributed by atoms with E-state index in [1.807, 2.05) is 0 Å². The molecule has 3 aromatic rings. The molecule has 3 rings (SSSR count). The molecule has 0 saturated heterocycles. The van der Waals surface area contributed by atoms with Gasteiger partial charge in [-0.3, -0.25) is 0 Å². The summed E-state index contributed by atoms with van der Waals surface area (Å²) in [5, 5.41) is 0. The highest BCUT2D eigenvalue weighted by molar-refractivity contribution is 5.98. The number of hydrogen-bond acceptors (Lipinski definition) is 0. The van der Waals surface area contributed by atoms with Gasteiger partial charge >= 0.3 is 0 Å². The Kier molecular flexibility index (Phi) is 5.50. The molecule has 0 saturated carbocycles. The van der Waals surface area contributed by atoms with Gasteiger partial charge in [0.05, 0.1) is 0 Å². The minimum Gasteiger partial charge on any atom is -0.0622 e. The summed E-state index contributed by atoms with van der Waals surface area (Å²) >= 11 is 0. The van der Waals surface area contributed by atoms with Crippen molar-refractivity contribution in [3.8, 4) is 0 Å². The summed E-state index contributed by atoms with van der Waals surface area (Å²) in [6.45, 7) is 6.72. The average Bonchev–Trinajstić information content (AvgIpc) is 2.67. The van der Waals surface area contributed by atoms with Crippen LogP contribution in [0.3, 0.4) is 0 Å². The Morgan fingerprint density at radius 2 is 1.12 bits per heavy atom. The molecule has 126 valence electrons. The first-order valence-electron chi connectivity index (χ1n) is 9.15. The third-order valence-corrected chi connectivity index (χ3v) is 4.71. The van der Waals surface area contributed by atoms with Crippen LogP contribution in [0.2, 0.25) is 0 Å². The lowest BCUT2D eigenvalue weighted by atomic mass is 9.87. The second-order valence-corrected chi connectivity index (χ2v) is 6.72. The SMILES string of the molecule is CC/C(=C(/c1ccccc1)c1ccc(C(C)C)cc1)c1ccccc1. The van der Waals surface area contributed by atoms with Crippen LogP contribution in [-0.2, 0) is 0 Å². The second kappa shape index (κ2) is 7.98. The number of rotatable bonds is 5. The average molecular weight is 326 g/mol. The van der Waals surface area contributed by atoms with Crippen molar-refractivity contribution in [1.29, 1.82) is 0 Å². The molecule has 0 fully saturated rings. The highest BCUT2D eigenvalue weighted by Gasteiger charge is 2.13. The molecule has 0 amide bonds. The van der Waals surface area contributed by atoms with Gasteiger partial charge in [-0.25, -0.2) is 0 Å². The first-order chi connectivity index (χ1) is 12.2. The molecule has 25 heavy (non-hydrogen) atoms. The Morgan fingerprint density at radius 3 is 1.60 bits per heavy atom. The Hall–Kier alpha value is -2.60. The zero-order valence-corrected chi connectivity index (χ0v) is 15.4. The minimum absolute atomic E-state index is 0.554. The Balaban J connectivity index is 2.21. The van der Waals surface area contributed by atoms with Crippen LogP contribution in [0, 0.1) is 0 Å². The van der Waals surface area contributed by atoms with Crippen molar-refractivity contribution in [1.82, 2.24) is 0 Å². The molecule has 0 aromatic heterocycles. The molecule has 0 aliphatic heterocycles. The van der Waals surface area contributed by atoms with Crippen molar-refractivity contribution in [3.05, 3.63) is 107 Å². The normalized spacial score (nSPS) is 12.2. The van der Waals surface area contributed by atoms with E-state index in [9.17, 15) is 0 Å². The van der Waals surface area contributed by atoms with Crippen LogP contribution < -0.4 is 0 Å². The Morgan fingerprint density at radius 1 is 0.640 bits per heavy atom. The lowest BCUT2D eigenvalue weighted by molar-refractivity contribution is 0.866. The summed E-state index contributed by atoms with van der Waals surface area (Å²) in [5.41, 5.74) is 7.98. The molecule has 3 aromatic carbocycles. The molecule has 0 radical (unpaired) electrons. The van der Waals surface area contributed by atoms with E-state index in [0.29, 0.717) is 5.92 Å². The molecule has 0 spiro atoms. The third kappa shape index (κ3) is 3.91. The van der Waals surface area contributed by atoms with Gasteiger partial charge < -0.3 is 0 Å². The molecule has 0 N–H and O–H groups in total. The fourth-order valence-corrected chi connectivity index (χ4v) is 3.32. The van der Waals surface area contributed by atoms with Crippen LogP contribution in [0.1, 0.15) is 55.4 Å². The first kappa shape index (κ1) is 17.2. The molecular formula is C25H26. The van der Waals surface area contributed by atoms with E-state index in [2.05, 4.69) is 106 Å². The molecule has 0 heteroatoms. The van der Waals surface area contributed by atoms with Gasteiger partial charge in [-0.2, -0.15) is 0 Å². The fourth-order valence-electron chi connectivity index (χ4n) is 3.32. The van der Waals surface area contributed by atoms with E-state index in [1.165, 1.54) is 33.4 Å². The highest BCUT2D eigenvalue weighted by Crippen LogP contribution is 2.34. The topological polar surface area (TPSA) is 0 Å². The van der Waals surface area contributed by atoms with Crippen LogP contribution in [0.15, 0.2) is 84.9 Å². The summed E-state index contributed by atoms with van der Waals surface area (Å²) < 4.78 is 0. The molecule has 0 aliphatic rings. The van der Waals surface area contributed by atoms with E-state index in [4.69, 9.17) is 0 Å². The molecule has 0 bridgehead atoms. The maximum absolute atomic E-state index is 2.27. The minimum atomic E-state index is 0.554.